The first kappa shape index (κ1) is 14.9. The van der Waals surface area contributed by atoms with E-state index in [1.54, 1.807) is 6.07 Å². The zero-order chi connectivity index (χ0) is 15.2. The fraction of sp³-hybridized carbons (Fsp3) is 0.154. The van der Waals surface area contributed by atoms with Gasteiger partial charge in [0.05, 0.1) is 13.3 Å². The lowest BCUT2D eigenvalue weighted by Gasteiger charge is -2.06. The first-order chi connectivity index (χ1) is 10.1. The van der Waals surface area contributed by atoms with Crippen LogP contribution in [0, 0.1) is 5.82 Å². The maximum atomic E-state index is 13.3. The number of rotatable bonds is 5. The largest absolute Gasteiger partial charge is 0.481 e. The minimum Gasteiger partial charge on any atom is -0.481 e. The number of carbonyl (C=O) groups excluding carboxylic acids is 2. The van der Waals surface area contributed by atoms with Crippen LogP contribution < -0.4 is 10.1 Å². The summed E-state index contributed by atoms with van der Waals surface area (Å²) < 4.78 is 22.8. The van der Waals surface area contributed by atoms with E-state index in [2.05, 4.69) is 15.0 Å². The molecule has 0 bridgehead atoms. The number of methoxy groups -OCH3 is 1. The van der Waals surface area contributed by atoms with Crippen molar-refractivity contribution in [1.82, 2.24) is 4.98 Å². The van der Waals surface area contributed by atoms with E-state index >= 15 is 0 Å². The third kappa shape index (κ3) is 3.99. The first-order valence-electron chi connectivity index (χ1n) is 5.81. The van der Waals surface area contributed by atoms with Gasteiger partial charge in [-0.3, -0.25) is 10.1 Å². The Balaban J connectivity index is 1.89. The van der Waals surface area contributed by atoms with Gasteiger partial charge in [-0.15, -0.1) is 0 Å². The number of halogens is 1. The van der Waals surface area contributed by atoms with Crippen molar-refractivity contribution in [2.75, 3.05) is 19.0 Å². The van der Waals surface area contributed by atoms with Crippen LogP contribution in [0.1, 0.15) is 9.67 Å². The average Bonchev–Trinajstić information content (AvgIpc) is 2.94. The molecule has 1 aromatic carbocycles. The molecule has 110 valence electrons. The minimum absolute atomic E-state index is 0.0120. The standard InChI is InChI=1S/C13H11FN2O4S/c1-19-12(18)10-6-15-13(21-10)16-11(17)7-20-9-5-3-2-4-8(9)14/h2-6H,7H2,1H3,(H,15,16,17). The molecule has 1 N–H and O–H groups in total. The number of ether oxygens (including phenoxy) is 2. The van der Waals surface area contributed by atoms with E-state index < -0.39 is 17.7 Å². The lowest BCUT2D eigenvalue weighted by molar-refractivity contribution is -0.118. The molecule has 0 aliphatic carbocycles. The van der Waals surface area contributed by atoms with E-state index in [0.29, 0.717) is 0 Å². The molecule has 0 radical (unpaired) electrons. The van der Waals surface area contributed by atoms with Gasteiger partial charge in [0, 0.05) is 0 Å². The minimum atomic E-state index is -0.549. The Morgan fingerprint density at radius 3 is 2.86 bits per heavy atom. The van der Waals surface area contributed by atoms with Gasteiger partial charge in [0.25, 0.3) is 5.91 Å². The molecule has 0 fully saturated rings. The molecule has 2 aromatic rings. The predicted octanol–water partition coefficient (Wildman–Crippen LogP) is 2.09. The molecule has 0 saturated heterocycles. The van der Waals surface area contributed by atoms with Crippen LogP contribution in [0.4, 0.5) is 9.52 Å². The van der Waals surface area contributed by atoms with Crippen LogP contribution in [-0.4, -0.2) is 30.6 Å². The fourth-order valence-electron chi connectivity index (χ4n) is 1.39. The van der Waals surface area contributed by atoms with Crippen LogP contribution >= 0.6 is 11.3 Å². The molecule has 6 nitrogen and oxygen atoms in total. The van der Waals surface area contributed by atoms with Gasteiger partial charge in [0.1, 0.15) is 4.88 Å². The summed E-state index contributed by atoms with van der Waals surface area (Å²) in [6.07, 6.45) is 1.30. The predicted molar refractivity (Wildman–Crippen MR) is 74.0 cm³/mol. The van der Waals surface area contributed by atoms with Gasteiger partial charge in [0.15, 0.2) is 23.3 Å². The number of esters is 1. The Morgan fingerprint density at radius 1 is 1.38 bits per heavy atom. The Bertz CT molecular complexity index is 659. The van der Waals surface area contributed by atoms with Crippen molar-refractivity contribution in [3.63, 3.8) is 0 Å². The van der Waals surface area contributed by atoms with Crippen LogP contribution in [0.15, 0.2) is 30.5 Å². The number of nitrogens with one attached hydrogen (secondary N) is 1. The van der Waals surface area contributed by atoms with Crippen molar-refractivity contribution in [3.8, 4) is 5.75 Å². The molecule has 2 rings (SSSR count). The molecular formula is C13H11FN2O4S. The zero-order valence-electron chi connectivity index (χ0n) is 11.0. The quantitative estimate of drug-likeness (QED) is 0.856. The van der Waals surface area contributed by atoms with E-state index in [-0.39, 0.29) is 22.4 Å². The van der Waals surface area contributed by atoms with E-state index in [9.17, 15) is 14.0 Å². The second kappa shape index (κ2) is 6.80. The normalized spacial score (nSPS) is 10.0. The van der Waals surface area contributed by atoms with Gasteiger partial charge in [-0.25, -0.2) is 14.2 Å². The fourth-order valence-corrected chi connectivity index (χ4v) is 2.14. The molecule has 1 aromatic heterocycles. The Hall–Kier alpha value is -2.48. The molecule has 0 aliphatic rings. The number of para-hydroxylation sites is 1. The number of hydrogen-bond donors (Lipinski definition) is 1. The van der Waals surface area contributed by atoms with Crippen LogP contribution in [-0.2, 0) is 9.53 Å². The smallest absolute Gasteiger partial charge is 0.349 e. The second-order valence-corrected chi connectivity index (χ2v) is 4.82. The zero-order valence-corrected chi connectivity index (χ0v) is 11.8. The molecule has 0 saturated carbocycles. The van der Waals surface area contributed by atoms with Gasteiger partial charge in [-0.2, -0.15) is 0 Å². The van der Waals surface area contributed by atoms with E-state index in [0.717, 1.165) is 11.3 Å². The lowest BCUT2D eigenvalue weighted by atomic mass is 10.3. The van der Waals surface area contributed by atoms with Gasteiger partial charge in [0.2, 0.25) is 0 Å². The van der Waals surface area contributed by atoms with Gasteiger partial charge >= 0.3 is 5.97 Å². The number of aromatic nitrogens is 1. The summed E-state index contributed by atoms with van der Waals surface area (Å²) in [5, 5.41) is 2.68. The number of hydrogen-bond acceptors (Lipinski definition) is 6. The molecule has 1 heterocycles. The Morgan fingerprint density at radius 2 is 2.14 bits per heavy atom. The highest BCUT2D eigenvalue weighted by molar-refractivity contribution is 7.17. The summed E-state index contributed by atoms with van der Waals surface area (Å²) >= 11 is 0.971. The summed E-state index contributed by atoms with van der Waals surface area (Å²) in [6, 6.07) is 5.77. The van der Waals surface area contributed by atoms with Crippen molar-refractivity contribution in [1.29, 1.82) is 0 Å². The van der Waals surface area contributed by atoms with E-state index in [1.807, 2.05) is 0 Å². The maximum Gasteiger partial charge on any atom is 0.349 e. The van der Waals surface area contributed by atoms with Crippen LogP contribution in [0.25, 0.3) is 0 Å². The molecule has 21 heavy (non-hydrogen) atoms. The van der Waals surface area contributed by atoms with Gasteiger partial charge in [-0.1, -0.05) is 23.5 Å². The van der Waals surface area contributed by atoms with Crippen molar-refractivity contribution in [2.45, 2.75) is 0 Å². The highest BCUT2D eigenvalue weighted by Crippen LogP contribution is 2.19. The van der Waals surface area contributed by atoms with Crippen molar-refractivity contribution >= 4 is 28.3 Å². The van der Waals surface area contributed by atoms with Crippen LogP contribution in [0.3, 0.4) is 0 Å². The Labute approximate surface area is 123 Å². The van der Waals surface area contributed by atoms with Crippen molar-refractivity contribution in [2.24, 2.45) is 0 Å². The molecule has 1 amide bonds. The molecule has 0 spiro atoms. The first-order valence-corrected chi connectivity index (χ1v) is 6.63. The third-order valence-corrected chi connectivity index (χ3v) is 3.23. The highest BCUT2D eigenvalue weighted by atomic mass is 32.1. The monoisotopic (exact) mass is 310 g/mol. The Kier molecular flexibility index (Phi) is 4.83. The lowest BCUT2D eigenvalue weighted by Crippen LogP contribution is -2.20. The van der Waals surface area contributed by atoms with Crippen LogP contribution in [0.2, 0.25) is 0 Å². The summed E-state index contributed by atoms with van der Waals surface area (Å²) in [7, 11) is 1.25. The van der Waals surface area contributed by atoms with Crippen molar-refractivity contribution < 1.29 is 23.5 Å². The van der Waals surface area contributed by atoms with Gasteiger partial charge in [-0.05, 0) is 12.1 Å². The van der Waals surface area contributed by atoms with Crippen LogP contribution in [0.5, 0.6) is 5.75 Å². The highest BCUT2D eigenvalue weighted by Gasteiger charge is 2.13. The number of anilines is 1. The second-order valence-electron chi connectivity index (χ2n) is 3.79. The number of amides is 1. The van der Waals surface area contributed by atoms with Crippen molar-refractivity contribution in [3.05, 3.63) is 41.2 Å². The maximum absolute atomic E-state index is 13.3. The number of carbonyl (C=O) groups is 2. The average molecular weight is 310 g/mol. The summed E-state index contributed by atoms with van der Waals surface area (Å²) in [5.41, 5.74) is 0. The summed E-state index contributed by atoms with van der Waals surface area (Å²) in [4.78, 5) is 27.0. The number of benzene rings is 1. The van der Waals surface area contributed by atoms with E-state index in [1.165, 1.54) is 31.5 Å². The summed E-state index contributed by atoms with van der Waals surface area (Å²) in [5.74, 6) is -1.60. The molecule has 0 unspecified atom stereocenters. The van der Waals surface area contributed by atoms with Gasteiger partial charge < -0.3 is 9.47 Å². The van der Waals surface area contributed by atoms with E-state index in [4.69, 9.17) is 4.74 Å². The number of thiazole rings is 1. The number of nitrogens with zero attached hydrogens (tertiary/aromatic N) is 1. The molecule has 0 aliphatic heterocycles. The molecule has 0 atom stereocenters. The topological polar surface area (TPSA) is 77.5 Å². The molecular weight excluding hydrogens is 299 g/mol. The third-order valence-electron chi connectivity index (χ3n) is 2.33. The summed E-state index contributed by atoms with van der Waals surface area (Å²) in [6.45, 7) is -0.367. The SMILES string of the molecule is COC(=O)c1cnc(NC(=O)COc2ccccc2F)s1. The molecule has 8 heteroatoms.